The van der Waals surface area contributed by atoms with Gasteiger partial charge in [-0.05, 0) is 160 Å². The van der Waals surface area contributed by atoms with Crippen molar-refractivity contribution in [1.82, 2.24) is 19.6 Å². The van der Waals surface area contributed by atoms with Gasteiger partial charge in [-0.25, -0.2) is 37.5 Å². The number of carboxylic acid groups (broad SMARTS) is 1. The molecule has 5 rings (SSSR count). The summed E-state index contributed by atoms with van der Waals surface area (Å²) in [5.74, 6) is -8.43. The van der Waals surface area contributed by atoms with E-state index in [1.165, 1.54) is 69.7 Å². The second kappa shape index (κ2) is 31.3. The summed E-state index contributed by atoms with van der Waals surface area (Å²) in [6.07, 6.45) is -5.12. The fraction of sp³-hybridized carbons (Fsp3) is 0.682. The summed E-state index contributed by atoms with van der Waals surface area (Å²) >= 11 is 0. The number of halogens is 2. The van der Waals surface area contributed by atoms with Gasteiger partial charge in [0.1, 0.15) is 40.6 Å². The highest BCUT2D eigenvalue weighted by atomic mass is 19.1. The summed E-state index contributed by atoms with van der Waals surface area (Å²) in [6, 6.07) is 10.2. The van der Waals surface area contributed by atoms with Crippen LogP contribution in [0.5, 0.6) is 0 Å². The van der Waals surface area contributed by atoms with Gasteiger partial charge >= 0.3 is 35.9 Å². The van der Waals surface area contributed by atoms with Crippen LogP contribution in [-0.4, -0.2) is 198 Å². The number of carbonyl (C=O) groups excluding carboxylic acids is 8. The fourth-order valence-corrected chi connectivity index (χ4v) is 11.0. The zero-order chi connectivity index (χ0) is 66.5. The van der Waals surface area contributed by atoms with Crippen molar-refractivity contribution in [2.24, 2.45) is 5.92 Å². The van der Waals surface area contributed by atoms with Gasteiger partial charge in [-0.15, -0.1) is 0 Å². The number of benzene rings is 2. The number of carboxylic acids is 1. The molecule has 7 atom stereocenters. The minimum atomic E-state index is -2.13. The third-order valence-corrected chi connectivity index (χ3v) is 16.5. The van der Waals surface area contributed by atoms with Crippen LogP contribution in [0.2, 0.25) is 0 Å². The van der Waals surface area contributed by atoms with Gasteiger partial charge in [0.2, 0.25) is 0 Å². The van der Waals surface area contributed by atoms with E-state index >= 15 is 13.6 Å². The maximum atomic E-state index is 15.8. The van der Waals surface area contributed by atoms with Crippen LogP contribution in [0.1, 0.15) is 174 Å². The molecule has 0 radical (unpaired) electrons. The smallest absolute Gasteiger partial charge is 0.410 e. The van der Waals surface area contributed by atoms with E-state index in [9.17, 15) is 43.5 Å². The standard InChI is InChI=1S/C66H96F2N4O17/c1-40(2)36-49(58(78)85-41(3)54(73)70(13)50(38-64(8,9)67)59(79)87-52(57(76)77)25-20-43-16-21-45(22-17-43)47-26-32-83-33-27-47)69(12)56(75)53(37-44-18-23-46(24-19-44)48-28-34-84-35-29-48)88-60(80)51(39-65(10,11)68)71(14)55(74)42(4)86-61(81)66(30-31-66)72(15)62(82)89-63(5,6)7/h16-19,21-24,40-42,47-53H,20,25-39H2,1-15H3,(H,76,77)/t41-,42-,49+,50+,51+,52-,53-/m1/s1. The highest BCUT2D eigenvalue weighted by Crippen LogP contribution is 2.43. The number of nitrogens with zero attached hydrogens (tertiary/aromatic N) is 4. The zero-order valence-electron chi connectivity index (χ0n) is 54.7. The summed E-state index contributed by atoms with van der Waals surface area (Å²) in [6.45, 7) is 18.2. The van der Waals surface area contributed by atoms with Gasteiger partial charge in [0, 0.05) is 73.9 Å². The average Bonchev–Trinajstić information content (AvgIpc) is 1.78. The van der Waals surface area contributed by atoms with Crippen molar-refractivity contribution in [2.75, 3.05) is 54.6 Å². The topological polar surface area (TPSA) is 251 Å². The van der Waals surface area contributed by atoms with Gasteiger partial charge in [-0.3, -0.25) is 19.3 Å². The highest BCUT2D eigenvalue weighted by molar-refractivity contribution is 5.94. The lowest BCUT2D eigenvalue weighted by Crippen LogP contribution is -2.54. The first-order valence-corrected chi connectivity index (χ1v) is 30.9. The summed E-state index contributed by atoms with van der Waals surface area (Å²) in [5, 5.41) is 10.2. The Labute approximate surface area is 523 Å². The Kier molecular flexibility index (Phi) is 25.7. The molecule has 0 bridgehead atoms. The molecule has 0 spiro atoms. The highest BCUT2D eigenvalue weighted by Gasteiger charge is 2.58. The number of likely N-dealkylation sites (N-methyl/N-ethyl adjacent to an activating group) is 4. The molecule has 3 fully saturated rings. The third-order valence-electron chi connectivity index (χ3n) is 16.5. The van der Waals surface area contributed by atoms with Crippen LogP contribution >= 0.6 is 0 Å². The minimum Gasteiger partial charge on any atom is -0.479 e. The van der Waals surface area contributed by atoms with Gasteiger partial charge in [0.25, 0.3) is 17.7 Å². The number of aliphatic carboxylic acids is 1. The fourth-order valence-electron chi connectivity index (χ4n) is 11.0. The Morgan fingerprint density at radius 3 is 1.38 bits per heavy atom. The second-order valence-electron chi connectivity index (χ2n) is 26.8. The van der Waals surface area contributed by atoms with Gasteiger partial charge in [-0.2, -0.15) is 0 Å². The van der Waals surface area contributed by atoms with Gasteiger partial charge in [0.05, 0.1) is 0 Å². The van der Waals surface area contributed by atoms with E-state index in [2.05, 4.69) is 0 Å². The molecule has 3 aliphatic rings. The lowest BCUT2D eigenvalue weighted by Gasteiger charge is -2.35. The number of carbonyl (C=O) groups is 9. The predicted molar refractivity (Wildman–Crippen MR) is 324 cm³/mol. The summed E-state index contributed by atoms with van der Waals surface area (Å²) in [7, 11) is 5.03. The molecule has 23 heteroatoms. The Morgan fingerprint density at radius 1 is 0.573 bits per heavy atom. The summed E-state index contributed by atoms with van der Waals surface area (Å²) in [5.41, 5.74) is -3.02. The molecule has 2 heterocycles. The van der Waals surface area contributed by atoms with Crippen LogP contribution in [0.25, 0.3) is 0 Å². The Hall–Kier alpha value is -6.75. The van der Waals surface area contributed by atoms with Crippen LogP contribution in [-0.2, 0) is 84.4 Å². The number of ether oxygens (including phenoxy) is 7. The maximum absolute atomic E-state index is 15.8. The molecule has 2 aliphatic heterocycles. The van der Waals surface area contributed by atoms with Crippen LogP contribution in [0.4, 0.5) is 13.6 Å². The number of alkyl halides is 2. The van der Waals surface area contributed by atoms with Crippen LogP contribution < -0.4 is 0 Å². The number of rotatable bonds is 29. The van der Waals surface area contributed by atoms with E-state index in [1.807, 2.05) is 36.4 Å². The molecule has 1 aliphatic carbocycles. The molecule has 21 nitrogen and oxygen atoms in total. The second-order valence-corrected chi connectivity index (χ2v) is 26.8. The molecule has 1 saturated carbocycles. The number of hydrogen-bond acceptors (Lipinski definition) is 16. The maximum Gasteiger partial charge on any atom is 0.410 e. The van der Waals surface area contributed by atoms with Crippen molar-refractivity contribution in [1.29, 1.82) is 0 Å². The average molecular weight is 1260 g/mol. The van der Waals surface area contributed by atoms with E-state index in [0.29, 0.717) is 37.9 Å². The van der Waals surface area contributed by atoms with E-state index in [0.717, 1.165) is 62.0 Å². The van der Waals surface area contributed by atoms with Crippen molar-refractivity contribution < 1.29 is 90.2 Å². The molecule has 2 aromatic carbocycles. The Bertz CT molecular complexity index is 2760. The molecule has 4 amide bonds. The third kappa shape index (κ3) is 21.4. The number of aryl methyl sites for hydroxylation is 1. The largest absolute Gasteiger partial charge is 0.479 e. The summed E-state index contributed by atoms with van der Waals surface area (Å²) in [4.78, 5) is 130. The lowest BCUT2D eigenvalue weighted by atomic mass is 9.90. The SMILES string of the molecule is CC(C)C[C@@H](C(=O)O[C@H](C)C(=O)N(C)[C@@H](CC(C)(C)F)C(=O)O[C@H](CCc1ccc(C2CCOCC2)cc1)C(=O)O)N(C)C(=O)[C@@H](Cc1ccc(C2CCOCC2)cc1)OC(=O)[C@H](CC(C)(C)F)N(C)C(=O)[C@@H](C)OC(=O)C1(N(C)C(=O)OC(C)(C)C)CC1. The van der Waals surface area contributed by atoms with E-state index in [1.54, 1.807) is 46.8 Å². The van der Waals surface area contributed by atoms with Crippen LogP contribution in [0.3, 0.4) is 0 Å². The lowest BCUT2D eigenvalue weighted by molar-refractivity contribution is -0.175. The number of amides is 4. The van der Waals surface area contributed by atoms with Gasteiger partial charge in [0.15, 0.2) is 24.4 Å². The monoisotopic (exact) mass is 1250 g/mol. The van der Waals surface area contributed by atoms with Gasteiger partial charge < -0.3 is 53.0 Å². The number of esters is 4. The zero-order valence-corrected chi connectivity index (χ0v) is 54.7. The predicted octanol–water partition coefficient (Wildman–Crippen LogP) is 8.62. The van der Waals surface area contributed by atoms with Crippen molar-refractivity contribution in [3.8, 4) is 0 Å². The molecule has 0 unspecified atom stereocenters. The molecule has 496 valence electrons. The van der Waals surface area contributed by atoms with E-state index in [-0.39, 0.29) is 50.4 Å². The van der Waals surface area contributed by atoms with Crippen LogP contribution in [0, 0.1) is 5.92 Å². The van der Waals surface area contributed by atoms with E-state index in [4.69, 9.17) is 33.2 Å². The van der Waals surface area contributed by atoms with Gasteiger partial charge in [-0.1, -0.05) is 62.4 Å². The first-order chi connectivity index (χ1) is 41.4. The molecule has 0 aromatic heterocycles. The van der Waals surface area contributed by atoms with Crippen molar-refractivity contribution in [3.05, 3.63) is 70.8 Å². The minimum absolute atomic E-state index is 0.0543. The van der Waals surface area contributed by atoms with E-state index < -0.39 is 132 Å². The van der Waals surface area contributed by atoms with Crippen molar-refractivity contribution in [2.45, 2.75) is 230 Å². The molecule has 2 aromatic rings. The van der Waals surface area contributed by atoms with Crippen molar-refractivity contribution in [3.63, 3.8) is 0 Å². The quantitative estimate of drug-likeness (QED) is 0.0591. The molecule has 2 saturated heterocycles. The normalized spacial score (nSPS) is 17.9. The number of hydrogen-bond donors (Lipinski definition) is 1. The van der Waals surface area contributed by atoms with Crippen molar-refractivity contribution >= 4 is 53.7 Å². The van der Waals surface area contributed by atoms with Crippen LogP contribution in [0.15, 0.2) is 48.5 Å². The molecule has 89 heavy (non-hydrogen) atoms. The molecular weight excluding hydrogens is 1160 g/mol. The molecular formula is C66H96F2N4O17. The Morgan fingerprint density at radius 2 is 0.978 bits per heavy atom. The first-order valence-electron chi connectivity index (χ1n) is 30.9. The Balaban J connectivity index is 1.36. The first kappa shape index (κ1) is 73.0. The molecule has 1 N–H and O–H groups in total. The summed E-state index contributed by atoms with van der Waals surface area (Å²) < 4.78 is 70.8.